The molecule has 0 N–H and O–H groups in total. The van der Waals surface area contributed by atoms with Gasteiger partial charge in [-0.2, -0.15) is 18.3 Å². The van der Waals surface area contributed by atoms with Crippen molar-refractivity contribution in [1.82, 2.24) is 19.7 Å². The van der Waals surface area contributed by atoms with Gasteiger partial charge in [-0.3, -0.25) is 0 Å². The fraction of sp³-hybridized carbons (Fsp3) is 0.435. The molecule has 3 unspecified atom stereocenters. The van der Waals surface area contributed by atoms with Crippen LogP contribution in [0.3, 0.4) is 0 Å². The molecule has 3 heterocycles. The first-order valence-electron chi connectivity index (χ1n) is 10.6. The van der Waals surface area contributed by atoms with Crippen molar-refractivity contribution in [1.29, 1.82) is 0 Å². The molecular weight excluding hydrogens is 403 g/mol. The minimum Gasteiger partial charge on any atom is -0.346 e. The molecule has 8 heteroatoms. The Morgan fingerprint density at radius 2 is 1.90 bits per heavy atom. The molecule has 3 atom stereocenters. The van der Waals surface area contributed by atoms with Crippen molar-refractivity contribution in [3.63, 3.8) is 0 Å². The van der Waals surface area contributed by atoms with Gasteiger partial charge in [-0.25, -0.2) is 14.6 Å². The first-order chi connectivity index (χ1) is 14.8. The van der Waals surface area contributed by atoms with Gasteiger partial charge in [-0.15, -0.1) is 0 Å². The number of aromatic nitrogens is 4. The zero-order chi connectivity index (χ0) is 21.8. The number of fused-ring (bicyclic) bond motifs is 1. The summed E-state index contributed by atoms with van der Waals surface area (Å²) in [6.07, 6.45) is 0.365. The van der Waals surface area contributed by atoms with Gasteiger partial charge in [0.25, 0.3) is 0 Å². The number of hydrogen-bond acceptors (Lipinski definition) is 4. The Morgan fingerprint density at radius 1 is 1.06 bits per heavy atom. The second kappa shape index (κ2) is 7.35. The van der Waals surface area contributed by atoms with Crippen LogP contribution in [0.4, 0.5) is 19.0 Å². The van der Waals surface area contributed by atoms with Gasteiger partial charge in [-0.05, 0) is 68.4 Å². The average Bonchev–Trinajstić information content (AvgIpc) is 3.42. The van der Waals surface area contributed by atoms with Crippen LogP contribution in [-0.2, 0) is 6.18 Å². The van der Waals surface area contributed by atoms with Crippen LogP contribution in [0.25, 0.3) is 5.69 Å². The number of nitrogens with zero attached hydrogens (tertiary/aromatic N) is 5. The van der Waals surface area contributed by atoms with Crippen LogP contribution in [0, 0.1) is 25.7 Å². The minimum atomic E-state index is -4.41. The Kier molecular flexibility index (Phi) is 4.75. The number of alkyl halides is 3. The molecule has 5 nitrogen and oxygen atoms in total. The SMILES string of the molecule is Cc1cccc(-n2ncnc2C2C3CCCC3CN2c2cc(C(F)(F)F)cc(C)n2)c1. The maximum atomic E-state index is 13.5. The standard InChI is InChI=1S/C23H24F3N5/c1-14-5-3-7-18(9-14)31-22(27-13-28-31)21-19-8-4-6-16(19)12-30(21)20-11-17(23(24,25)26)10-15(2)29-20/h3,5,7,9-11,13,16,19,21H,4,6,8,12H2,1-2H3. The highest BCUT2D eigenvalue weighted by Crippen LogP contribution is 2.50. The highest BCUT2D eigenvalue weighted by atomic mass is 19.4. The molecular formula is C23H24F3N5. The van der Waals surface area contributed by atoms with Crippen molar-refractivity contribution < 1.29 is 13.2 Å². The van der Waals surface area contributed by atoms with Gasteiger partial charge in [-0.1, -0.05) is 18.6 Å². The van der Waals surface area contributed by atoms with E-state index in [0.717, 1.165) is 42.4 Å². The van der Waals surface area contributed by atoms with Gasteiger partial charge in [0.1, 0.15) is 12.1 Å². The van der Waals surface area contributed by atoms with Crippen LogP contribution in [0.1, 0.15) is 47.9 Å². The molecule has 0 radical (unpaired) electrons. The Balaban J connectivity index is 1.61. The van der Waals surface area contributed by atoms with E-state index in [0.29, 0.717) is 29.9 Å². The number of aryl methyl sites for hydroxylation is 2. The van der Waals surface area contributed by atoms with Crippen LogP contribution in [-0.4, -0.2) is 26.3 Å². The fourth-order valence-corrected chi connectivity index (χ4v) is 5.24. The fourth-order valence-electron chi connectivity index (χ4n) is 5.24. The lowest BCUT2D eigenvalue weighted by Crippen LogP contribution is -2.29. The maximum absolute atomic E-state index is 13.5. The molecule has 2 aromatic heterocycles. The van der Waals surface area contributed by atoms with E-state index >= 15 is 0 Å². The molecule has 2 aliphatic rings. The first kappa shape index (κ1) is 20.0. The van der Waals surface area contributed by atoms with Crippen LogP contribution in [0.5, 0.6) is 0 Å². The predicted octanol–water partition coefficient (Wildman–Crippen LogP) is 5.28. The topological polar surface area (TPSA) is 46.8 Å². The van der Waals surface area contributed by atoms with E-state index < -0.39 is 11.7 Å². The van der Waals surface area contributed by atoms with Crippen LogP contribution >= 0.6 is 0 Å². The lowest BCUT2D eigenvalue weighted by molar-refractivity contribution is -0.137. The quantitative estimate of drug-likeness (QED) is 0.571. The number of pyridine rings is 1. The maximum Gasteiger partial charge on any atom is 0.416 e. The summed E-state index contributed by atoms with van der Waals surface area (Å²) in [7, 11) is 0. The number of rotatable bonds is 3. The van der Waals surface area contributed by atoms with Gasteiger partial charge >= 0.3 is 6.18 Å². The van der Waals surface area contributed by atoms with E-state index in [1.807, 2.05) is 40.8 Å². The van der Waals surface area contributed by atoms with Crippen molar-refractivity contribution in [3.8, 4) is 5.69 Å². The second-order valence-electron chi connectivity index (χ2n) is 8.67. The van der Waals surface area contributed by atoms with E-state index in [4.69, 9.17) is 0 Å². The van der Waals surface area contributed by atoms with Crippen molar-refractivity contribution in [2.75, 3.05) is 11.4 Å². The van der Waals surface area contributed by atoms with E-state index in [-0.39, 0.29) is 6.04 Å². The molecule has 31 heavy (non-hydrogen) atoms. The molecule has 1 aromatic carbocycles. The van der Waals surface area contributed by atoms with Gasteiger partial charge in [0, 0.05) is 12.2 Å². The third-order valence-electron chi connectivity index (χ3n) is 6.54. The largest absolute Gasteiger partial charge is 0.416 e. The van der Waals surface area contributed by atoms with E-state index in [9.17, 15) is 13.2 Å². The van der Waals surface area contributed by atoms with Gasteiger partial charge in [0.2, 0.25) is 0 Å². The smallest absolute Gasteiger partial charge is 0.346 e. The molecule has 0 bridgehead atoms. The Morgan fingerprint density at radius 3 is 2.68 bits per heavy atom. The van der Waals surface area contributed by atoms with Crippen molar-refractivity contribution in [2.45, 2.75) is 45.3 Å². The summed E-state index contributed by atoms with van der Waals surface area (Å²) in [6.45, 7) is 4.31. The number of halogens is 3. The highest BCUT2D eigenvalue weighted by Gasteiger charge is 2.48. The lowest BCUT2D eigenvalue weighted by Gasteiger charge is -2.29. The third-order valence-corrected chi connectivity index (χ3v) is 6.54. The van der Waals surface area contributed by atoms with Crippen LogP contribution in [0.2, 0.25) is 0 Å². The van der Waals surface area contributed by atoms with E-state index in [1.54, 1.807) is 6.92 Å². The normalized spacial score (nSPS) is 23.4. The molecule has 162 valence electrons. The number of benzene rings is 1. The zero-order valence-electron chi connectivity index (χ0n) is 17.5. The molecule has 2 fully saturated rings. The molecule has 5 rings (SSSR count). The second-order valence-corrected chi connectivity index (χ2v) is 8.67. The molecule has 1 saturated heterocycles. The summed E-state index contributed by atoms with van der Waals surface area (Å²) in [5, 5.41) is 4.47. The van der Waals surface area contributed by atoms with E-state index in [2.05, 4.69) is 15.1 Å². The number of anilines is 1. The summed E-state index contributed by atoms with van der Waals surface area (Å²) in [6, 6.07) is 10.1. The van der Waals surface area contributed by atoms with Gasteiger partial charge in [0.05, 0.1) is 17.3 Å². The first-order valence-corrected chi connectivity index (χ1v) is 10.6. The molecule has 0 spiro atoms. The lowest BCUT2D eigenvalue weighted by atomic mass is 9.93. The van der Waals surface area contributed by atoms with Crippen LogP contribution in [0.15, 0.2) is 42.7 Å². The van der Waals surface area contributed by atoms with Crippen molar-refractivity contribution in [3.05, 3.63) is 65.4 Å². The van der Waals surface area contributed by atoms with Crippen molar-refractivity contribution in [2.24, 2.45) is 11.8 Å². The van der Waals surface area contributed by atoms with Crippen LogP contribution < -0.4 is 4.90 Å². The monoisotopic (exact) mass is 427 g/mol. The summed E-state index contributed by atoms with van der Waals surface area (Å²) in [5.74, 6) is 1.87. The van der Waals surface area contributed by atoms with E-state index in [1.165, 1.54) is 12.4 Å². The third kappa shape index (κ3) is 3.58. The summed E-state index contributed by atoms with van der Waals surface area (Å²) >= 11 is 0. The molecule has 1 aliphatic heterocycles. The Labute approximate surface area is 178 Å². The summed E-state index contributed by atoms with van der Waals surface area (Å²) < 4.78 is 42.3. The molecule has 0 amide bonds. The minimum absolute atomic E-state index is 0.161. The molecule has 1 aliphatic carbocycles. The molecule has 1 saturated carbocycles. The predicted molar refractivity (Wildman–Crippen MR) is 111 cm³/mol. The summed E-state index contributed by atoms with van der Waals surface area (Å²) in [5.41, 5.74) is 1.71. The Bertz CT molecular complexity index is 1110. The zero-order valence-corrected chi connectivity index (χ0v) is 17.5. The van der Waals surface area contributed by atoms with Gasteiger partial charge in [0.15, 0.2) is 5.82 Å². The van der Waals surface area contributed by atoms with Crippen molar-refractivity contribution >= 4 is 5.82 Å². The molecule has 3 aromatic rings. The highest BCUT2D eigenvalue weighted by molar-refractivity contribution is 5.48. The number of hydrogen-bond donors (Lipinski definition) is 0. The summed E-state index contributed by atoms with van der Waals surface area (Å²) in [4.78, 5) is 11.1. The van der Waals surface area contributed by atoms with Gasteiger partial charge < -0.3 is 4.90 Å². The Hall–Kier alpha value is -2.90. The average molecular weight is 427 g/mol.